The number of rotatable bonds is 7. The van der Waals surface area contributed by atoms with E-state index in [1.807, 2.05) is 0 Å². The Hall–Kier alpha value is -6.58. The van der Waals surface area contributed by atoms with E-state index in [2.05, 4.69) is 204 Å². The van der Waals surface area contributed by atoms with E-state index in [9.17, 15) is 0 Å². The molecule has 0 saturated heterocycles. The summed E-state index contributed by atoms with van der Waals surface area (Å²) < 4.78 is 7.00. The molecule has 0 fully saturated rings. The molecule has 3 heteroatoms. The summed E-state index contributed by atoms with van der Waals surface area (Å²) >= 11 is 0. The molecule has 232 valence electrons. The van der Waals surface area contributed by atoms with Gasteiger partial charge in [0.05, 0.1) is 11.4 Å². The molecule has 49 heavy (non-hydrogen) atoms. The van der Waals surface area contributed by atoms with Gasteiger partial charge in [-0.3, -0.25) is 0 Å². The lowest BCUT2D eigenvalue weighted by Crippen LogP contribution is -2.14. The van der Waals surface area contributed by atoms with Crippen LogP contribution in [0.3, 0.4) is 0 Å². The molecular weight excluding hydrogens is 597 g/mol. The van der Waals surface area contributed by atoms with Crippen LogP contribution in [0.1, 0.15) is 0 Å². The zero-order chi connectivity index (χ0) is 32.6. The highest BCUT2D eigenvalue weighted by molar-refractivity contribution is 6.18. The van der Waals surface area contributed by atoms with Crippen LogP contribution in [0.5, 0.6) is 0 Å². The second kappa shape index (κ2) is 12.2. The molecule has 0 amide bonds. The Morgan fingerprint density at radius 1 is 0.327 bits per heavy atom. The van der Waals surface area contributed by atoms with Crippen LogP contribution in [0.25, 0.3) is 43.8 Å². The maximum absolute atomic E-state index is 7.00. The summed E-state index contributed by atoms with van der Waals surface area (Å²) in [7, 11) is 0. The molecule has 0 aliphatic rings. The van der Waals surface area contributed by atoms with E-state index >= 15 is 0 Å². The van der Waals surface area contributed by atoms with Crippen molar-refractivity contribution in [3.05, 3.63) is 194 Å². The normalized spacial score (nSPS) is 11.3. The molecule has 0 radical (unpaired) electrons. The van der Waals surface area contributed by atoms with Crippen molar-refractivity contribution in [2.75, 3.05) is 9.80 Å². The van der Waals surface area contributed by atoms with Crippen molar-refractivity contribution in [1.82, 2.24) is 0 Å². The van der Waals surface area contributed by atoms with E-state index in [-0.39, 0.29) is 0 Å². The molecule has 0 aliphatic heterocycles. The van der Waals surface area contributed by atoms with Crippen LogP contribution in [0.2, 0.25) is 0 Å². The van der Waals surface area contributed by atoms with E-state index in [1.165, 1.54) is 0 Å². The predicted molar refractivity (Wildman–Crippen MR) is 206 cm³/mol. The summed E-state index contributed by atoms with van der Waals surface area (Å²) in [6.07, 6.45) is 0. The molecule has 0 aliphatic carbocycles. The summed E-state index contributed by atoms with van der Waals surface area (Å²) in [6.45, 7) is 0. The summed E-state index contributed by atoms with van der Waals surface area (Å²) in [5.41, 5.74) is 10.3. The molecule has 1 heterocycles. The second-order valence-electron chi connectivity index (χ2n) is 12.2. The maximum Gasteiger partial charge on any atom is 0.159 e. The molecule has 0 N–H and O–H groups in total. The van der Waals surface area contributed by atoms with Gasteiger partial charge in [0, 0.05) is 44.5 Å². The highest BCUT2D eigenvalue weighted by Gasteiger charge is 2.25. The smallest absolute Gasteiger partial charge is 0.159 e. The number of anilines is 6. The van der Waals surface area contributed by atoms with Gasteiger partial charge in [0.2, 0.25) is 0 Å². The van der Waals surface area contributed by atoms with Crippen molar-refractivity contribution in [2.45, 2.75) is 0 Å². The monoisotopic (exact) mass is 628 g/mol. The van der Waals surface area contributed by atoms with E-state index < -0.39 is 0 Å². The van der Waals surface area contributed by atoms with Crippen LogP contribution in [-0.2, 0) is 0 Å². The fourth-order valence-electron chi connectivity index (χ4n) is 6.98. The Kier molecular flexibility index (Phi) is 7.14. The number of benzene rings is 8. The zero-order valence-electron chi connectivity index (χ0n) is 26.8. The molecule has 0 bridgehead atoms. The highest BCUT2D eigenvalue weighted by Crippen LogP contribution is 2.49. The van der Waals surface area contributed by atoms with Gasteiger partial charge in [0.15, 0.2) is 5.58 Å². The first kappa shape index (κ1) is 28.6. The average molecular weight is 629 g/mol. The summed E-state index contributed by atoms with van der Waals surface area (Å²) in [5.74, 6) is 0. The standard InChI is InChI=1S/C46H32N2O/c1-5-17-33(18-6-1)39-26-15-16-28-43(39)48(37-24-11-4-12-25-37)38-31-42-41-30-29-34-19-13-14-27-40(34)45(41)49-46(42)44(32-38)47(35-20-7-2-8-21-35)36-22-9-3-10-23-36/h1-32H. The number of fused-ring (bicyclic) bond motifs is 5. The molecule has 0 atom stereocenters. The topological polar surface area (TPSA) is 19.6 Å². The summed E-state index contributed by atoms with van der Waals surface area (Å²) in [4.78, 5) is 4.68. The van der Waals surface area contributed by atoms with Crippen molar-refractivity contribution in [1.29, 1.82) is 0 Å². The third-order valence-corrected chi connectivity index (χ3v) is 9.20. The Balaban J connectivity index is 1.40. The average Bonchev–Trinajstić information content (AvgIpc) is 3.56. The molecule has 9 aromatic rings. The molecule has 8 aromatic carbocycles. The largest absolute Gasteiger partial charge is 0.453 e. The van der Waals surface area contributed by atoms with Crippen molar-refractivity contribution >= 4 is 66.8 Å². The number of nitrogens with zero attached hydrogens (tertiary/aromatic N) is 2. The number of hydrogen-bond donors (Lipinski definition) is 0. The van der Waals surface area contributed by atoms with Crippen molar-refractivity contribution in [3.8, 4) is 11.1 Å². The first-order valence-corrected chi connectivity index (χ1v) is 16.6. The number of para-hydroxylation sites is 4. The summed E-state index contributed by atoms with van der Waals surface area (Å²) in [5, 5.41) is 4.40. The molecule has 0 unspecified atom stereocenters. The van der Waals surface area contributed by atoms with Crippen LogP contribution >= 0.6 is 0 Å². The van der Waals surface area contributed by atoms with E-state index in [0.717, 1.165) is 78.0 Å². The first-order chi connectivity index (χ1) is 24.3. The molecule has 0 saturated carbocycles. The molecule has 9 rings (SSSR count). The van der Waals surface area contributed by atoms with Crippen LogP contribution in [-0.4, -0.2) is 0 Å². The fraction of sp³-hybridized carbons (Fsp3) is 0. The zero-order valence-corrected chi connectivity index (χ0v) is 26.8. The predicted octanol–water partition coefficient (Wildman–Crippen LogP) is 13.3. The second-order valence-corrected chi connectivity index (χ2v) is 12.2. The van der Waals surface area contributed by atoms with Gasteiger partial charge in [-0.1, -0.05) is 133 Å². The van der Waals surface area contributed by atoms with Crippen LogP contribution < -0.4 is 9.80 Å². The van der Waals surface area contributed by atoms with Gasteiger partial charge < -0.3 is 14.2 Å². The Morgan fingerprint density at radius 2 is 0.857 bits per heavy atom. The van der Waals surface area contributed by atoms with Crippen LogP contribution in [0.15, 0.2) is 199 Å². The van der Waals surface area contributed by atoms with Gasteiger partial charge >= 0.3 is 0 Å². The highest BCUT2D eigenvalue weighted by atomic mass is 16.3. The van der Waals surface area contributed by atoms with Crippen LogP contribution in [0.4, 0.5) is 34.1 Å². The molecule has 3 nitrogen and oxygen atoms in total. The lowest BCUT2D eigenvalue weighted by atomic mass is 10.0. The third-order valence-electron chi connectivity index (χ3n) is 9.20. The Morgan fingerprint density at radius 3 is 1.51 bits per heavy atom. The number of hydrogen-bond acceptors (Lipinski definition) is 3. The first-order valence-electron chi connectivity index (χ1n) is 16.6. The van der Waals surface area contributed by atoms with Crippen molar-refractivity contribution < 1.29 is 4.42 Å². The van der Waals surface area contributed by atoms with Crippen LogP contribution in [0, 0.1) is 0 Å². The molecule has 1 aromatic heterocycles. The Labute approximate surface area is 285 Å². The third kappa shape index (κ3) is 5.09. The SMILES string of the molecule is c1ccc(-c2ccccc2N(c2ccccc2)c2cc(N(c3ccccc3)c3ccccc3)c3oc4c5ccccc5ccc4c3c2)cc1. The van der Waals surface area contributed by atoms with E-state index in [0.29, 0.717) is 0 Å². The van der Waals surface area contributed by atoms with Gasteiger partial charge in [-0.25, -0.2) is 0 Å². The number of furan rings is 1. The maximum atomic E-state index is 7.00. The van der Waals surface area contributed by atoms with E-state index in [1.54, 1.807) is 0 Å². The van der Waals surface area contributed by atoms with Gasteiger partial charge in [0.25, 0.3) is 0 Å². The molecule has 0 spiro atoms. The minimum absolute atomic E-state index is 0.840. The molecular formula is C46H32N2O. The van der Waals surface area contributed by atoms with Gasteiger partial charge in [-0.2, -0.15) is 0 Å². The lowest BCUT2D eigenvalue weighted by molar-refractivity contribution is 0.673. The van der Waals surface area contributed by atoms with Crippen molar-refractivity contribution in [3.63, 3.8) is 0 Å². The quantitative estimate of drug-likeness (QED) is 0.175. The van der Waals surface area contributed by atoms with Gasteiger partial charge in [0.1, 0.15) is 5.58 Å². The Bertz CT molecular complexity index is 2500. The lowest BCUT2D eigenvalue weighted by Gasteiger charge is -2.30. The minimum atomic E-state index is 0.840. The van der Waals surface area contributed by atoms with E-state index in [4.69, 9.17) is 4.42 Å². The van der Waals surface area contributed by atoms with Crippen molar-refractivity contribution in [2.24, 2.45) is 0 Å². The fourth-order valence-corrected chi connectivity index (χ4v) is 6.98. The summed E-state index contributed by atoms with van der Waals surface area (Å²) in [6, 6.07) is 68.5. The van der Waals surface area contributed by atoms with Gasteiger partial charge in [-0.05, 0) is 71.6 Å². The van der Waals surface area contributed by atoms with Gasteiger partial charge in [-0.15, -0.1) is 0 Å². The minimum Gasteiger partial charge on any atom is -0.453 e.